The van der Waals surface area contributed by atoms with Gasteiger partial charge in [-0.1, -0.05) is 17.7 Å². The smallest absolute Gasteiger partial charge is 0.259 e. The highest BCUT2D eigenvalue weighted by atomic mass is 35.5. The Morgan fingerprint density at radius 2 is 2.29 bits per heavy atom. The van der Waals surface area contributed by atoms with Crippen LogP contribution in [-0.4, -0.2) is 20.7 Å². The molecule has 0 aliphatic heterocycles. The number of amides is 1. The first kappa shape index (κ1) is 13.8. The first-order valence-electron chi connectivity index (χ1n) is 6.16. The van der Waals surface area contributed by atoms with Crippen molar-refractivity contribution in [1.29, 1.82) is 0 Å². The van der Waals surface area contributed by atoms with Crippen molar-refractivity contribution in [3.05, 3.63) is 58.3 Å². The largest absolute Gasteiger partial charge is 0.322 e. The Hall–Kier alpha value is -2.18. The van der Waals surface area contributed by atoms with Gasteiger partial charge in [-0.15, -0.1) is 11.3 Å². The summed E-state index contributed by atoms with van der Waals surface area (Å²) in [6.07, 6.45) is 3.37. The van der Waals surface area contributed by atoms with Crippen molar-refractivity contribution in [1.82, 2.24) is 14.8 Å². The normalized spacial score (nSPS) is 10.6. The Balaban J connectivity index is 1.85. The summed E-state index contributed by atoms with van der Waals surface area (Å²) in [6, 6.07) is 7.01. The molecule has 0 fully saturated rings. The monoisotopic (exact) mass is 318 g/mol. The predicted molar refractivity (Wildman–Crippen MR) is 83.4 cm³/mol. The van der Waals surface area contributed by atoms with Gasteiger partial charge in [0.1, 0.15) is 0 Å². The highest BCUT2D eigenvalue weighted by molar-refractivity contribution is 7.12. The van der Waals surface area contributed by atoms with Crippen LogP contribution in [0, 0.1) is 6.92 Å². The van der Waals surface area contributed by atoms with Crippen molar-refractivity contribution in [2.75, 3.05) is 5.32 Å². The van der Waals surface area contributed by atoms with Crippen LogP contribution in [0.25, 0.3) is 5.13 Å². The Morgan fingerprint density at radius 3 is 3.00 bits per heavy atom. The van der Waals surface area contributed by atoms with Crippen molar-refractivity contribution in [3.63, 3.8) is 0 Å². The summed E-state index contributed by atoms with van der Waals surface area (Å²) >= 11 is 7.36. The molecule has 0 aliphatic rings. The number of hydrogen-bond acceptors (Lipinski definition) is 4. The molecule has 3 rings (SSSR count). The second-order valence-corrected chi connectivity index (χ2v) is 5.66. The van der Waals surface area contributed by atoms with E-state index in [4.69, 9.17) is 11.6 Å². The molecular weight excluding hydrogens is 308 g/mol. The van der Waals surface area contributed by atoms with Crippen molar-refractivity contribution in [3.8, 4) is 5.13 Å². The van der Waals surface area contributed by atoms with Crippen molar-refractivity contribution < 1.29 is 4.79 Å². The molecule has 1 N–H and O–H groups in total. The molecule has 5 nitrogen and oxygen atoms in total. The van der Waals surface area contributed by atoms with Gasteiger partial charge in [-0.2, -0.15) is 5.10 Å². The minimum absolute atomic E-state index is 0.224. The highest BCUT2D eigenvalue weighted by Gasteiger charge is 2.15. The third kappa shape index (κ3) is 2.96. The summed E-state index contributed by atoms with van der Waals surface area (Å²) in [6.45, 7) is 1.79. The second-order valence-electron chi connectivity index (χ2n) is 4.35. The summed E-state index contributed by atoms with van der Waals surface area (Å²) in [5.74, 6) is -0.224. The second kappa shape index (κ2) is 5.67. The van der Waals surface area contributed by atoms with Crippen molar-refractivity contribution in [2.45, 2.75) is 6.92 Å². The van der Waals surface area contributed by atoms with Crippen LogP contribution in [-0.2, 0) is 0 Å². The Kier molecular flexibility index (Phi) is 3.72. The maximum Gasteiger partial charge on any atom is 0.259 e. The fourth-order valence-corrected chi connectivity index (χ4v) is 2.63. The molecule has 1 aromatic carbocycles. The van der Waals surface area contributed by atoms with Gasteiger partial charge in [-0.05, 0) is 25.1 Å². The van der Waals surface area contributed by atoms with Crippen LogP contribution >= 0.6 is 22.9 Å². The molecule has 0 unspecified atom stereocenters. The molecule has 0 aliphatic carbocycles. The van der Waals surface area contributed by atoms with Crippen molar-refractivity contribution in [2.24, 2.45) is 0 Å². The fraction of sp³-hybridized carbons (Fsp3) is 0.0714. The van der Waals surface area contributed by atoms with Gasteiger partial charge in [0.05, 0.1) is 11.3 Å². The summed E-state index contributed by atoms with van der Waals surface area (Å²) in [5.41, 5.74) is 1.80. The number of thiazole rings is 1. The number of aromatic nitrogens is 3. The maximum atomic E-state index is 12.3. The van der Waals surface area contributed by atoms with E-state index >= 15 is 0 Å². The number of anilines is 1. The first-order valence-corrected chi connectivity index (χ1v) is 7.42. The molecule has 2 heterocycles. The molecule has 0 radical (unpaired) electrons. The van der Waals surface area contributed by atoms with E-state index in [2.05, 4.69) is 15.4 Å². The van der Waals surface area contributed by atoms with Crippen LogP contribution in [0.5, 0.6) is 0 Å². The van der Waals surface area contributed by atoms with Gasteiger partial charge in [-0.3, -0.25) is 4.79 Å². The maximum absolute atomic E-state index is 12.3. The molecule has 0 saturated heterocycles. The third-order valence-corrected chi connectivity index (χ3v) is 3.84. The van der Waals surface area contributed by atoms with Gasteiger partial charge in [0, 0.05) is 28.5 Å². The molecule has 106 valence electrons. The van der Waals surface area contributed by atoms with Gasteiger partial charge < -0.3 is 5.32 Å². The number of hydrogen-bond donors (Lipinski definition) is 1. The summed E-state index contributed by atoms with van der Waals surface area (Å²) in [7, 11) is 0. The summed E-state index contributed by atoms with van der Waals surface area (Å²) in [5, 5.41) is 10.3. The molecule has 3 aromatic rings. The predicted octanol–water partition coefficient (Wildman–Crippen LogP) is 3.54. The summed E-state index contributed by atoms with van der Waals surface area (Å²) in [4.78, 5) is 16.5. The standard InChI is InChI=1S/C14H11ClN4OS/c1-9-12(8-19(18-9)14-16-5-6-21-14)13(20)17-11-4-2-3-10(15)7-11/h2-8H,1H3,(H,17,20). The van der Waals surface area contributed by atoms with Crippen LogP contribution in [0.1, 0.15) is 16.1 Å². The molecule has 0 atom stereocenters. The van der Waals surface area contributed by atoms with Crippen LogP contribution in [0.2, 0.25) is 5.02 Å². The number of aryl methyl sites for hydroxylation is 1. The molecule has 2 aromatic heterocycles. The molecule has 21 heavy (non-hydrogen) atoms. The highest BCUT2D eigenvalue weighted by Crippen LogP contribution is 2.18. The van der Waals surface area contributed by atoms with Gasteiger partial charge in [0.25, 0.3) is 5.91 Å². The van der Waals surface area contributed by atoms with Crippen LogP contribution in [0.3, 0.4) is 0 Å². The zero-order valence-corrected chi connectivity index (χ0v) is 12.6. The van der Waals surface area contributed by atoms with Crippen molar-refractivity contribution >= 4 is 34.5 Å². The van der Waals surface area contributed by atoms with E-state index in [0.717, 1.165) is 5.13 Å². The number of nitrogens with one attached hydrogen (secondary N) is 1. The van der Waals surface area contributed by atoms with Gasteiger partial charge >= 0.3 is 0 Å². The lowest BCUT2D eigenvalue weighted by atomic mass is 10.2. The molecule has 0 spiro atoms. The van der Waals surface area contributed by atoms with E-state index in [1.165, 1.54) is 11.3 Å². The SMILES string of the molecule is Cc1nn(-c2nccs2)cc1C(=O)Nc1cccc(Cl)c1. The van der Waals surface area contributed by atoms with E-state index in [-0.39, 0.29) is 5.91 Å². The van der Waals surface area contributed by atoms with Gasteiger partial charge in [-0.25, -0.2) is 9.67 Å². The number of halogens is 1. The molecule has 7 heteroatoms. The lowest BCUT2D eigenvalue weighted by Gasteiger charge is -2.04. The van der Waals surface area contributed by atoms with Crippen LogP contribution < -0.4 is 5.32 Å². The van der Waals surface area contributed by atoms with E-state index in [1.807, 2.05) is 5.38 Å². The topological polar surface area (TPSA) is 59.8 Å². The minimum Gasteiger partial charge on any atom is -0.322 e. The first-order chi connectivity index (χ1) is 10.1. The molecular formula is C14H11ClN4OS. The minimum atomic E-state index is -0.224. The Bertz CT molecular complexity index is 782. The van der Waals surface area contributed by atoms with Gasteiger partial charge in [0.15, 0.2) is 0 Å². The number of carbonyl (C=O) groups excluding carboxylic acids is 1. The van der Waals surface area contributed by atoms with E-state index < -0.39 is 0 Å². The Labute approximate surface area is 130 Å². The summed E-state index contributed by atoms with van der Waals surface area (Å²) < 4.78 is 1.60. The van der Waals surface area contributed by atoms with E-state index in [0.29, 0.717) is 22.0 Å². The van der Waals surface area contributed by atoms with E-state index in [9.17, 15) is 4.79 Å². The number of benzene rings is 1. The van der Waals surface area contributed by atoms with Crippen LogP contribution in [0.4, 0.5) is 5.69 Å². The van der Waals surface area contributed by atoms with Crippen LogP contribution in [0.15, 0.2) is 42.0 Å². The van der Waals surface area contributed by atoms with E-state index in [1.54, 1.807) is 48.3 Å². The molecule has 1 amide bonds. The number of rotatable bonds is 3. The fourth-order valence-electron chi connectivity index (χ4n) is 1.87. The zero-order chi connectivity index (χ0) is 14.8. The third-order valence-electron chi connectivity index (χ3n) is 2.84. The lowest BCUT2D eigenvalue weighted by molar-refractivity contribution is 0.102. The zero-order valence-electron chi connectivity index (χ0n) is 11.1. The Morgan fingerprint density at radius 1 is 1.43 bits per heavy atom. The number of carbonyl (C=O) groups is 1. The lowest BCUT2D eigenvalue weighted by Crippen LogP contribution is -2.12. The quantitative estimate of drug-likeness (QED) is 0.803. The molecule has 0 bridgehead atoms. The average molecular weight is 319 g/mol. The average Bonchev–Trinajstić information content (AvgIpc) is 3.07. The number of nitrogens with zero attached hydrogens (tertiary/aromatic N) is 3. The van der Waals surface area contributed by atoms with Gasteiger partial charge in [0.2, 0.25) is 5.13 Å². The molecule has 0 saturated carbocycles.